The van der Waals surface area contributed by atoms with E-state index in [0.717, 1.165) is 37.2 Å². The standard InChI is InChI=1S/C18H24N4O2/c1-19-16-4-3-9-21(13-16)18(23)15-10-20-22(12-15)11-14-5-7-17(24-2)8-6-14/h5-8,10,12,16,19H,3-4,9,11,13H2,1-2H3/t16-/m0/s1. The molecule has 2 aromatic rings. The summed E-state index contributed by atoms with van der Waals surface area (Å²) in [4.78, 5) is 14.6. The van der Waals surface area contributed by atoms with E-state index in [4.69, 9.17) is 4.74 Å². The third kappa shape index (κ3) is 3.76. The average Bonchev–Trinajstić information content (AvgIpc) is 3.10. The third-order valence-corrected chi connectivity index (χ3v) is 4.50. The molecule has 1 aromatic carbocycles. The normalized spacial score (nSPS) is 17.8. The molecule has 0 saturated carbocycles. The third-order valence-electron chi connectivity index (χ3n) is 4.50. The topological polar surface area (TPSA) is 59.4 Å². The van der Waals surface area contributed by atoms with Gasteiger partial charge in [-0.1, -0.05) is 12.1 Å². The Bertz CT molecular complexity index is 681. The summed E-state index contributed by atoms with van der Waals surface area (Å²) in [5.74, 6) is 0.898. The molecule has 1 atom stereocenters. The molecule has 1 N–H and O–H groups in total. The number of piperidine rings is 1. The largest absolute Gasteiger partial charge is 0.497 e. The number of methoxy groups -OCH3 is 1. The number of nitrogens with one attached hydrogen (secondary N) is 1. The molecule has 2 heterocycles. The van der Waals surface area contributed by atoms with E-state index in [-0.39, 0.29) is 5.91 Å². The van der Waals surface area contributed by atoms with E-state index in [2.05, 4.69) is 10.4 Å². The van der Waals surface area contributed by atoms with Gasteiger partial charge in [0.15, 0.2) is 0 Å². The lowest BCUT2D eigenvalue weighted by Gasteiger charge is -2.32. The molecule has 128 valence electrons. The van der Waals surface area contributed by atoms with Crippen molar-refractivity contribution in [3.05, 3.63) is 47.8 Å². The lowest BCUT2D eigenvalue weighted by atomic mass is 10.1. The molecule has 24 heavy (non-hydrogen) atoms. The summed E-state index contributed by atoms with van der Waals surface area (Å²) in [5, 5.41) is 7.59. The molecule has 1 aromatic heterocycles. The number of hydrogen-bond donors (Lipinski definition) is 1. The molecule has 1 saturated heterocycles. The van der Waals surface area contributed by atoms with E-state index in [9.17, 15) is 4.79 Å². The number of ether oxygens (including phenoxy) is 1. The number of hydrogen-bond acceptors (Lipinski definition) is 4. The van der Waals surface area contributed by atoms with Gasteiger partial charge in [0.25, 0.3) is 5.91 Å². The zero-order valence-corrected chi connectivity index (χ0v) is 14.2. The molecule has 6 nitrogen and oxygen atoms in total. The second-order valence-corrected chi connectivity index (χ2v) is 6.15. The SMILES string of the molecule is CN[C@H]1CCCN(C(=O)c2cnn(Cc3ccc(OC)cc3)c2)C1. The number of amides is 1. The number of benzene rings is 1. The van der Waals surface area contributed by atoms with Gasteiger partial charge in [0, 0.05) is 25.3 Å². The van der Waals surface area contributed by atoms with E-state index >= 15 is 0 Å². The first-order valence-corrected chi connectivity index (χ1v) is 8.31. The van der Waals surface area contributed by atoms with Gasteiger partial charge in [-0.15, -0.1) is 0 Å². The Kier molecular flexibility index (Phi) is 5.15. The van der Waals surface area contributed by atoms with Crippen molar-refractivity contribution in [2.24, 2.45) is 0 Å². The fourth-order valence-electron chi connectivity index (χ4n) is 3.06. The fraction of sp³-hybridized carbons (Fsp3) is 0.444. The van der Waals surface area contributed by atoms with Crippen LogP contribution in [0.4, 0.5) is 0 Å². The van der Waals surface area contributed by atoms with E-state index in [1.807, 2.05) is 42.4 Å². The Labute approximate surface area is 142 Å². The van der Waals surface area contributed by atoms with Crippen molar-refractivity contribution in [1.82, 2.24) is 20.0 Å². The molecule has 6 heteroatoms. The summed E-state index contributed by atoms with van der Waals surface area (Å²) in [6.45, 7) is 2.22. The highest BCUT2D eigenvalue weighted by Crippen LogP contribution is 2.15. The molecular weight excluding hydrogens is 304 g/mol. The van der Waals surface area contributed by atoms with Gasteiger partial charge in [-0.05, 0) is 37.6 Å². The van der Waals surface area contributed by atoms with E-state index < -0.39 is 0 Å². The number of likely N-dealkylation sites (N-methyl/N-ethyl adjacent to an activating group) is 1. The van der Waals surface area contributed by atoms with Crippen LogP contribution in [0.1, 0.15) is 28.8 Å². The number of aromatic nitrogens is 2. The number of likely N-dealkylation sites (tertiary alicyclic amines) is 1. The van der Waals surface area contributed by atoms with E-state index in [0.29, 0.717) is 18.2 Å². The van der Waals surface area contributed by atoms with Crippen molar-refractivity contribution in [2.45, 2.75) is 25.4 Å². The van der Waals surface area contributed by atoms with Crippen LogP contribution in [0.15, 0.2) is 36.7 Å². The molecule has 0 radical (unpaired) electrons. The Morgan fingerprint density at radius 1 is 1.38 bits per heavy atom. The second-order valence-electron chi connectivity index (χ2n) is 6.15. The first-order valence-electron chi connectivity index (χ1n) is 8.31. The van der Waals surface area contributed by atoms with Crippen molar-refractivity contribution in [1.29, 1.82) is 0 Å². The molecule has 0 aliphatic carbocycles. The predicted octanol–water partition coefficient (Wildman–Crippen LogP) is 1.76. The molecule has 1 amide bonds. The summed E-state index contributed by atoms with van der Waals surface area (Å²) in [6.07, 6.45) is 5.65. The molecule has 0 spiro atoms. The highest BCUT2D eigenvalue weighted by molar-refractivity contribution is 5.93. The quantitative estimate of drug-likeness (QED) is 0.909. The smallest absolute Gasteiger partial charge is 0.257 e. The molecule has 1 aliphatic heterocycles. The van der Waals surface area contributed by atoms with Gasteiger partial charge in [0.05, 0.1) is 25.4 Å². The summed E-state index contributed by atoms with van der Waals surface area (Å²) >= 11 is 0. The van der Waals surface area contributed by atoms with Gasteiger partial charge in [0.2, 0.25) is 0 Å². The number of rotatable bonds is 5. The molecule has 1 fully saturated rings. The summed E-state index contributed by atoms with van der Waals surface area (Å²) in [5.41, 5.74) is 1.77. The maximum absolute atomic E-state index is 12.6. The van der Waals surface area contributed by atoms with Crippen LogP contribution >= 0.6 is 0 Å². The van der Waals surface area contributed by atoms with Crippen molar-refractivity contribution in [2.75, 3.05) is 27.2 Å². The molecule has 1 aliphatic rings. The van der Waals surface area contributed by atoms with Gasteiger partial charge in [-0.3, -0.25) is 9.48 Å². The Balaban J connectivity index is 1.64. The van der Waals surface area contributed by atoms with Crippen molar-refractivity contribution >= 4 is 5.91 Å². The van der Waals surface area contributed by atoms with Crippen LogP contribution in [0.2, 0.25) is 0 Å². The Morgan fingerprint density at radius 2 is 2.17 bits per heavy atom. The molecule has 0 bridgehead atoms. The Hall–Kier alpha value is -2.34. The number of carbonyl (C=O) groups excluding carboxylic acids is 1. The molecule has 0 unspecified atom stereocenters. The fourth-order valence-corrected chi connectivity index (χ4v) is 3.06. The zero-order valence-electron chi connectivity index (χ0n) is 14.2. The highest BCUT2D eigenvalue weighted by Gasteiger charge is 2.24. The van der Waals surface area contributed by atoms with Gasteiger partial charge in [0.1, 0.15) is 5.75 Å². The van der Waals surface area contributed by atoms with E-state index in [1.165, 1.54) is 0 Å². The minimum Gasteiger partial charge on any atom is -0.497 e. The van der Waals surface area contributed by atoms with Crippen LogP contribution in [0.5, 0.6) is 5.75 Å². The summed E-state index contributed by atoms with van der Waals surface area (Å²) in [6, 6.07) is 8.25. The van der Waals surface area contributed by atoms with Crippen molar-refractivity contribution in [3.8, 4) is 5.75 Å². The van der Waals surface area contributed by atoms with Gasteiger partial charge in [-0.25, -0.2) is 0 Å². The lowest BCUT2D eigenvalue weighted by Crippen LogP contribution is -2.46. The lowest BCUT2D eigenvalue weighted by molar-refractivity contribution is 0.0698. The highest BCUT2D eigenvalue weighted by atomic mass is 16.5. The summed E-state index contributed by atoms with van der Waals surface area (Å²) in [7, 11) is 3.60. The Morgan fingerprint density at radius 3 is 2.88 bits per heavy atom. The molecule has 3 rings (SSSR count). The maximum atomic E-state index is 12.6. The first kappa shape index (κ1) is 16.5. The van der Waals surface area contributed by atoms with Crippen LogP contribution in [0.3, 0.4) is 0 Å². The number of carbonyl (C=O) groups is 1. The van der Waals surface area contributed by atoms with Crippen molar-refractivity contribution in [3.63, 3.8) is 0 Å². The van der Waals surface area contributed by atoms with Crippen LogP contribution in [0, 0.1) is 0 Å². The zero-order chi connectivity index (χ0) is 16.9. The van der Waals surface area contributed by atoms with Crippen LogP contribution in [-0.4, -0.2) is 53.9 Å². The first-order chi connectivity index (χ1) is 11.7. The van der Waals surface area contributed by atoms with Gasteiger partial charge < -0.3 is 15.0 Å². The number of nitrogens with zero attached hydrogens (tertiary/aromatic N) is 3. The van der Waals surface area contributed by atoms with Gasteiger partial charge >= 0.3 is 0 Å². The summed E-state index contributed by atoms with van der Waals surface area (Å²) < 4.78 is 6.96. The predicted molar refractivity (Wildman–Crippen MR) is 92.3 cm³/mol. The van der Waals surface area contributed by atoms with Crippen LogP contribution in [-0.2, 0) is 6.54 Å². The monoisotopic (exact) mass is 328 g/mol. The minimum atomic E-state index is 0.0657. The molecular formula is C18H24N4O2. The van der Waals surface area contributed by atoms with Crippen LogP contribution < -0.4 is 10.1 Å². The average molecular weight is 328 g/mol. The maximum Gasteiger partial charge on any atom is 0.257 e. The van der Waals surface area contributed by atoms with Crippen LogP contribution in [0.25, 0.3) is 0 Å². The van der Waals surface area contributed by atoms with Gasteiger partial charge in [-0.2, -0.15) is 5.10 Å². The van der Waals surface area contributed by atoms with E-state index in [1.54, 1.807) is 18.0 Å². The minimum absolute atomic E-state index is 0.0657. The second kappa shape index (κ2) is 7.49. The van der Waals surface area contributed by atoms with Crippen molar-refractivity contribution < 1.29 is 9.53 Å².